The van der Waals surface area contributed by atoms with Gasteiger partial charge in [0.25, 0.3) is 0 Å². The van der Waals surface area contributed by atoms with Crippen LogP contribution in [0.4, 0.5) is 4.39 Å². The van der Waals surface area contributed by atoms with Gasteiger partial charge in [0.15, 0.2) is 5.60 Å². The van der Waals surface area contributed by atoms with E-state index >= 15 is 0 Å². The summed E-state index contributed by atoms with van der Waals surface area (Å²) < 4.78 is 18.7. The van der Waals surface area contributed by atoms with Gasteiger partial charge in [0.05, 0.1) is 18.4 Å². The molecule has 11 heteroatoms. The maximum Gasteiger partial charge on any atom is 0.336 e. The Bertz CT molecular complexity index is 1210. The molecule has 0 spiro atoms. The Labute approximate surface area is 230 Å². The summed E-state index contributed by atoms with van der Waals surface area (Å²) in [4.78, 5) is 33.0. The summed E-state index contributed by atoms with van der Waals surface area (Å²) in [5.74, 6) is -2.04. The Kier molecular flexibility index (Phi) is 9.87. The number of terminal acetylenes is 1. The lowest BCUT2D eigenvalue weighted by Gasteiger charge is -2.44. The molecule has 2 aliphatic heterocycles. The molecule has 2 saturated heterocycles. The summed E-state index contributed by atoms with van der Waals surface area (Å²) in [6, 6.07) is 15.1. The summed E-state index contributed by atoms with van der Waals surface area (Å²) >= 11 is 0. The first-order chi connectivity index (χ1) is 18.8. The molecular weight excluding hydrogens is 525 g/mol. The summed E-state index contributed by atoms with van der Waals surface area (Å²) in [6.07, 6.45) is 6.51. The molecule has 214 valence electrons. The normalized spacial score (nSPS) is 21.9. The van der Waals surface area contributed by atoms with E-state index in [0.29, 0.717) is 24.9 Å². The highest BCUT2D eigenvalue weighted by Gasteiger charge is 2.48. The van der Waals surface area contributed by atoms with E-state index in [9.17, 15) is 23.9 Å². The number of carbonyl (C=O) groups is 3. The second-order valence-electron chi connectivity index (χ2n) is 10.1. The molecule has 2 heterocycles. The average molecular weight is 558 g/mol. The number of carboxylic acid groups (broad SMARTS) is 3. The number of hydrogen-bond acceptors (Lipinski definition) is 7. The molecule has 10 nitrogen and oxygen atoms in total. The fourth-order valence-electron chi connectivity index (χ4n) is 5.31. The standard InChI is InChI=1S/C23H24FNO2.C6H8O7/c1-2-13-27-22-11-3-17(4-12-22)16-25-20-9-10-21(25)15-23(26,14-20)18-5-7-19(24)8-6-18;7-3(8)1-6(13,5(11)12)2-4(9)10/h1,3-8,11-12,20-21,26H,9-10,13-16H2;13H,1-2H2,(H,7,8)(H,9,10)(H,11,12). The highest BCUT2D eigenvalue weighted by molar-refractivity contribution is 5.88. The van der Waals surface area contributed by atoms with E-state index in [-0.39, 0.29) is 12.4 Å². The third-order valence-corrected chi connectivity index (χ3v) is 7.20. The van der Waals surface area contributed by atoms with Crippen LogP contribution in [0.3, 0.4) is 0 Å². The van der Waals surface area contributed by atoms with Gasteiger partial charge in [0.1, 0.15) is 18.2 Å². The van der Waals surface area contributed by atoms with Gasteiger partial charge in [-0.1, -0.05) is 30.2 Å². The smallest absolute Gasteiger partial charge is 0.336 e. The molecule has 0 saturated carbocycles. The molecular formula is C29H32FNO9. The molecule has 2 atom stereocenters. The second kappa shape index (κ2) is 12.9. The molecule has 4 rings (SSSR count). The van der Waals surface area contributed by atoms with Crippen LogP contribution in [0.15, 0.2) is 48.5 Å². The molecule has 2 aromatic carbocycles. The van der Waals surface area contributed by atoms with Crippen molar-refractivity contribution in [1.29, 1.82) is 0 Å². The Hall–Kier alpha value is -3.98. The minimum absolute atomic E-state index is 0.266. The van der Waals surface area contributed by atoms with Crippen molar-refractivity contribution in [2.24, 2.45) is 0 Å². The lowest BCUT2D eigenvalue weighted by atomic mass is 9.80. The number of ether oxygens (including phenoxy) is 1. The molecule has 40 heavy (non-hydrogen) atoms. The third-order valence-electron chi connectivity index (χ3n) is 7.20. The number of benzene rings is 2. The number of aliphatic hydroxyl groups is 2. The van der Waals surface area contributed by atoms with E-state index in [4.69, 9.17) is 31.6 Å². The second-order valence-corrected chi connectivity index (χ2v) is 10.1. The van der Waals surface area contributed by atoms with Crippen molar-refractivity contribution in [3.8, 4) is 18.1 Å². The van der Waals surface area contributed by atoms with Gasteiger partial charge in [-0.15, -0.1) is 6.42 Å². The van der Waals surface area contributed by atoms with Crippen molar-refractivity contribution in [2.75, 3.05) is 6.61 Å². The zero-order chi connectivity index (χ0) is 29.5. The number of piperidine rings is 1. The predicted octanol–water partition coefficient (Wildman–Crippen LogP) is 2.60. The van der Waals surface area contributed by atoms with Crippen LogP contribution >= 0.6 is 0 Å². The van der Waals surface area contributed by atoms with Gasteiger partial charge in [-0.3, -0.25) is 14.5 Å². The Balaban J connectivity index is 0.000000289. The monoisotopic (exact) mass is 557 g/mol. The topological polar surface area (TPSA) is 165 Å². The lowest BCUT2D eigenvalue weighted by molar-refractivity contribution is -0.170. The number of halogens is 1. The molecule has 2 fully saturated rings. The van der Waals surface area contributed by atoms with E-state index in [0.717, 1.165) is 30.7 Å². The first-order valence-electron chi connectivity index (χ1n) is 12.6. The summed E-state index contributed by atoms with van der Waals surface area (Å²) in [5, 5.41) is 45.0. The van der Waals surface area contributed by atoms with E-state index in [1.54, 1.807) is 12.1 Å². The van der Waals surface area contributed by atoms with Crippen molar-refractivity contribution in [1.82, 2.24) is 4.90 Å². The maximum absolute atomic E-state index is 13.2. The van der Waals surface area contributed by atoms with Crippen molar-refractivity contribution < 1.29 is 49.0 Å². The molecule has 0 aromatic heterocycles. The Morgan fingerprint density at radius 1 is 0.975 bits per heavy atom. The highest BCUT2D eigenvalue weighted by atomic mass is 19.1. The van der Waals surface area contributed by atoms with Crippen LogP contribution in [0, 0.1) is 18.2 Å². The van der Waals surface area contributed by atoms with Crippen LogP contribution in [0.2, 0.25) is 0 Å². The first kappa shape index (κ1) is 30.6. The largest absolute Gasteiger partial charge is 0.481 e. The minimum Gasteiger partial charge on any atom is -0.481 e. The van der Waals surface area contributed by atoms with Crippen molar-refractivity contribution in [3.63, 3.8) is 0 Å². The van der Waals surface area contributed by atoms with Crippen molar-refractivity contribution >= 4 is 17.9 Å². The van der Waals surface area contributed by atoms with Crippen molar-refractivity contribution in [3.05, 3.63) is 65.5 Å². The van der Waals surface area contributed by atoms with Gasteiger partial charge in [-0.05, 0) is 61.1 Å². The third kappa shape index (κ3) is 7.79. The summed E-state index contributed by atoms with van der Waals surface area (Å²) in [5.41, 5.74) is -1.54. The zero-order valence-corrected chi connectivity index (χ0v) is 21.7. The van der Waals surface area contributed by atoms with Crippen molar-refractivity contribution in [2.45, 2.75) is 68.4 Å². The molecule has 0 radical (unpaired) electrons. The molecule has 2 unspecified atom stereocenters. The van der Waals surface area contributed by atoms with E-state index in [2.05, 4.69) is 23.0 Å². The van der Waals surface area contributed by atoms with E-state index < -0.39 is 42.0 Å². The van der Waals surface area contributed by atoms with Crippen LogP contribution in [0.25, 0.3) is 0 Å². The average Bonchev–Trinajstić information content (AvgIpc) is 3.12. The molecule has 2 bridgehead atoms. The molecule has 2 aliphatic rings. The van der Waals surface area contributed by atoms with Gasteiger partial charge >= 0.3 is 17.9 Å². The van der Waals surface area contributed by atoms with Crippen LogP contribution in [0.5, 0.6) is 5.75 Å². The Morgan fingerprint density at radius 2 is 1.50 bits per heavy atom. The number of nitrogens with zero attached hydrogens (tertiary/aromatic N) is 1. The van der Waals surface area contributed by atoms with E-state index in [1.165, 1.54) is 17.7 Å². The molecule has 5 N–H and O–H groups in total. The van der Waals surface area contributed by atoms with E-state index in [1.807, 2.05) is 12.1 Å². The van der Waals surface area contributed by atoms with Crippen LogP contribution in [-0.4, -0.2) is 72.6 Å². The summed E-state index contributed by atoms with van der Waals surface area (Å²) in [7, 11) is 0. The molecule has 0 amide bonds. The van der Waals surface area contributed by atoms with Gasteiger partial charge in [0, 0.05) is 18.6 Å². The van der Waals surface area contributed by atoms with Crippen LogP contribution < -0.4 is 4.74 Å². The fourth-order valence-corrected chi connectivity index (χ4v) is 5.31. The van der Waals surface area contributed by atoms with Gasteiger partial charge < -0.3 is 30.3 Å². The molecule has 2 aromatic rings. The maximum atomic E-state index is 13.2. The van der Waals surface area contributed by atoms with Crippen LogP contribution in [0.1, 0.15) is 49.7 Å². The lowest BCUT2D eigenvalue weighted by Crippen LogP contribution is -2.49. The number of hydrogen-bond donors (Lipinski definition) is 5. The predicted molar refractivity (Wildman–Crippen MR) is 140 cm³/mol. The zero-order valence-electron chi connectivity index (χ0n) is 21.7. The fraction of sp³-hybridized carbons (Fsp3) is 0.414. The number of aliphatic carboxylic acids is 3. The van der Waals surface area contributed by atoms with Gasteiger partial charge in [0.2, 0.25) is 0 Å². The SMILES string of the molecule is C#CCOc1ccc(CN2C3CCC2CC(O)(c2ccc(F)cc2)C3)cc1.O=C(O)CC(O)(CC(=O)O)C(=O)O. The highest BCUT2D eigenvalue weighted by Crippen LogP contribution is 2.46. The first-order valence-corrected chi connectivity index (χ1v) is 12.6. The Morgan fingerprint density at radius 3 is 1.95 bits per heavy atom. The number of rotatable bonds is 10. The molecule has 0 aliphatic carbocycles. The number of carboxylic acids is 3. The van der Waals surface area contributed by atoms with Gasteiger partial charge in [-0.25, -0.2) is 9.18 Å². The number of fused-ring (bicyclic) bond motifs is 2. The van der Waals surface area contributed by atoms with Crippen LogP contribution in [-0.2, 0) is 26.5 Å². The minimum atomic E-state index is -2.74. The summed E-state index contributed by atoms with van der Waals surface area (Å²) in [6.45, 7) is 1.14. The quantitative estimate of drug-likeness (QED) is 0.274. The van der Waals surface area contributed by atoms with Gasteiger partial charge in [-0.2, -0.15) is 0 Å².